The van der Waals surface area contributed by atoms with Crippen molar-refractivity contribution in [1.29, 1.82) is 0 Å². The van der Waals surface area contributed by atoms with Gasteiger partial charge >= 0.3 is 0 Å². The second-order valence-corrected chi connectivity index (χ2v) is 7.63. The Labute approximate surface area is 169 Å². The van der Waals surface area contributed by atoms with Crippen LogP contribution in [-0.2, 0) is 11.3 Å². The van der Waals surface area contributed by atoms with Crippen LogP contribution < -0.4 is 9.47 Å². The molecule has 150 valence electrons. The van der Waals surface area contributed by atoms with Gasteiger partial charge in [0, 0.05) is 43.2 Å². The highest BCUT2D eigenvalue weighted by molar-refractivity contribution is 8.00. The van der Waals surface area contributed by atoms with E-state index in [1.54, 1.807) is 20.3 Å². The zero-order valence-electron chi connectivity index (χ0n) is 16.2. The molecule has 1 saturated heterocycles. The second-order valence-electron chi connectivity index (χ2n) is 6.58. The lowest BCUT2D eigenvalue weighted by Crippen LogP contribution is -2.48. The number of hydrogen-bond donors (Lipinski definition) is 0. The first-order valence-electron chi connectivity index (χ1n) is 9.18. The third-order valence-electron chi connectivity index (χ3n) is 4.76. The lowest BCUT2D eigenvalue weighted by atomic mass is 10.1. The van der Waals surface area contributed by atoms with E-state index in [4.69, 9.17) is 9.47 Å². The van der Waals surface area contributed by atoms with Gasteiger partial charge in [-0.15, -0.1) is 11.8 Å². The van der Waals surface area contributed by atoms with Crippen LogP contribution in [0.2, 0.25) is 0 Å². The lowest BCUT2D eigenvalue weighted by molar-refractivity contribution is -0.130. The van der Waals surface area contributed by atoms with Crippen LogP contribution in [0.5, 0.6) is 11.5 Å². The van der Waals surface area contributed by atoms with Gasteiger partial charge in [-0.1, -0.05) is 6.07 Å². The first-order valence-corrected chi connectivity index (χ1v) is 10.2. The summed E-state index contributed by atoms with van der Waals surface area (Å²) in [5.41, 5.74) is 0.829. The van der Waals surface area contributed by atoms with Gasteiger partial charge in [-0.05, 0) is 36.4 Å². The van der Waals surface area contributed by atoms with E-state index in [1.165, 1.54) is 23.9 Å². The first-order chi connectivity index (χ1) is 13.6. The van der Waals surface area contributed by atoms with Gasteiger partial charge in [-0.3, -0.25) is 9.69 Å². The van der Waals surface area contributed by atoms with Crippen molar-refractivity contribution >= 4 is 17.7 Å². The van der Waals surface area contributed by atoms with E-state index in [9.17, 15) is 9.18 Å². The lowest BCUT2D eigenvalue weighted by Gasteiger charge is -2.35. The van der Waals surface area contributed by atoms with Gasteiger partial charge in [0.1, 0.15) is 17.3 Å². The molecule has 0 saturated carbocycles. The maximum Gasteiger partial charge on any atom is 0.233 e. The summed E-state index contributed by atoms with van der Waals surface area (Å²) < 4.78 is 24.1. The Morgan fingerprint density at radius 2 is 1.86 bits per heavy atom. The van der Waals surface area contributed by atoms with Crippen LogP contribution in [0.1, 0.15) is 5.56 Å². The molecular formula is C21H25FN2O3S. The summed E-state index contributed by atoms with van der Waals surface area (Å²) in [6.45, 7) is 3.48. The molecule has 0 N–H and O–H groups in total. The molecule has 1 fully saturated rings. The highest BCUT2D eigenvalue weighted by atomic mass is 32.2. The zero-order valence-corrected chi connectivity index (χ0v) is 17.0. The molecule has 0 radical (unpaired) electrons. The van der Waals surface area contributed by atoms with Gasteiger partial charge in [0.2, 0.25) is 5.91 Å². The van der Waals surface area contributed by atoms with Crippen LogP contribution >= 0.6 is 11.8 Å². The third-order valence-corrected chi connectivity index (χ3v) is 5.74. The average Bonchev–Trinajstić information content (AvgIpc) is 2.73. The van der Waals surface area contributed by atoms with Crippen molar-refractivity contribution in [3.05, 3.63) is 53.8 Å². The maximum atomic E-state index is 13.5. The number of carbonyl (C=O) groups excluding carboxylic acids is 1. The van der Waals surface area contributed by atoms with Crippen LogP contribution in [-0.4, -0.2) is 61.9 Å². The van der Waals surface area contributed by atoms with Crippen molar-refractivity contribution in [2.75, 3.05) is 46.2 Å². The van der Waals surface area contributed by atoms with Crippen LogP contribution in [0.4, 0.5) is 4.39 Å². The number of nitrogens with zero attached hydrogens (tertiary/aromatic N) is 2. The predicted octanol–water partition coefficient (Wildman–Crippen LogP) is 3.28. The Balaban J connectivity index is 1.48. The SMILES string of the molecule is COc1cccc(SCC(=O)N2CCN(Cc3cc(F)ccc3OC)CC2)c1. The first kappa shape index (κ1) is 20.5. The van der Waals surface area contributed by atoms with Crippen LogP contribution in [0.3, 0.4) is 0 Å². The van der Waals surface area contributed by atoms with E-state index in [1.807, 2.05) is 29.2 Å². The van der Waals surface area contributed by atoms with E-state index in [-0.39, 0.29) is 11.7 Å². The van der Waals surface area contributed by atoms with E-state index in [0.717, 1.165) is 29.3 Å². The van der Waals surface area contributed by atoms with Gasteiger partial charge < -0.3 is 14.4 Å². The van der Waals surface area contributed by atoms with Gasteiger partial charge in [-0.2, -0.15) is 0 Å². The highest BCUT2D eigenvalue weighted by Crippen LogP contribution is 2.24. The minimum absolute atomic E-state index is 0.135. The number of carbonyl (C=O) groups is 1. The fourth-order valence-corrected chi connectivity index (χ4v) is 4.04. The Hall–Kier alpha value is -2.25. The van der Waals surface area contributed by atoms with E-state index >= 15 is 0 Å². The molecule has 0 aliphatic carbocycles. The molecule has 0 unspecified atom stereocenters. The van der Waals surface area contributed by atoms with Crippen LogP contribution in [0.15, 0.2) is 47.4 Å². The molecule has 3 rings (SSSR count). The Morgan fingerprint density at radius 1 is 1.07 bits per heavy atom. The monoisotopic (exact) mass is 404 g/mol. The fraction of sp³-hybridized carbons (Fsp3) is 0.381. The molecule has 0 aromatic heterocycles. The van der Waals surface area contributed by atoms with Gasteiger partial charge in [0.25, 0.3) is 0 Å². The van der Waals surface area contributed by atoms with Gasteiger partial charge in [0.15, 0.2) is 0 Å². The summed E-state index contributed by atoms with van der Waals surface area (Å²) in [5.74, 6) is 1.76. The molecule has 5 nitrogen and oxygen atoms in total. The zero-order chi connectivity index (χ0) is 19.9. The van der Waals surface area contributed by atoms with Crippen molar-refractivity contribution < 1.29 is 18.7 Å². The molecule has 2 aromatic rings. The molecule has 2 aromatic carbocycles. The summed E-state index contributed by atoms with van der Waals surface area (Å²) in [4.78, 5) is 17.7. The van der Waals surface area contributed by atoms with Crippen LogP contribution in [0, 0.1) is 5.82 Å². The minimum atomic E-state index is -0.265. The molecule has 1 aliphatic heterocycles. The second kappa shape index (κ2) is 9.80. The molecule has 1 aliphatic rings. The molecule has 1 heterocycles. The molecule has 28 heavy (non-hydrogen) atoms. The molecule has 0 spiro atoms. The molecular weight excluding hydrogens is 379 g/mol. The molecule has 7 heteroatoms. The number of ether oxygens (including phenoxy) is 2. The van der Waals surface area contributed by atoms with Crippen LogP contribution in [0.25, 0.3) is 0 Å². The quantitative estimate of drug-likeness (QED) is 0.663. The van der Waals surface area contributed by atoms with E-state index < -0.39 is 0 Å². The van der Waals surface area contributed by atoms with Crippen molar-refractivity contribution in [2.24, 2.45) is 0 Å². The van der Waals surface area contributed by atoms with Gasteiger partial charge in [-0.25, -0.2) is 4.39 Å². The highest BCUT2D eigenvalue weighted by Gasteiger charge is 2.22. The Bertz CT molecular complexity index is 810. The number of halogens is 1. The summed E-state index contributed by atoms with van der Waals surface area (Å²) in [5, 5.41) is 0. The number of thioether (sulfide) groups is 1. The molecule has 0 atom stereocenters. The van der Waals surface area contributed by atoms with Crippen molar-refractivity contribution in [3.8, 4) is 11.5 Å². The summed E-state index contributed by atoms with van der Waals surface area (Å²) >= 11 is 1.52. The average molecular weight is 405 g/mol. The van der Waals surface area contributed by atoms with E-state index in [2.05, 4.69) is 4.90 Å². The normalized spacial score (nSPS) is 14.8. The predicted molar refractivity (Wildman–Crippen MR) is 109 cm³/mol. The smallest absolute Gasteiger partial charge is 0.233 e. The maximum absolute atomic E-state index is 13.5. The number of amides is 1. The Morgan fingerprint density at radius 3 is 2.57 bits per heavy atom. The molecule has 0 bridgehead atoms. The summed E-state index contributed by atoms with van der Waals surface area (Å²) in [7, 11) is 3.22. The number of rotatable bonds is 7. The largest absolute Gasteiger partial charge is 0.497 e. The minimum Gasteiger partial charge on any atom is -0.497 e. The number of benzene rings is 2. The fourth-order valence-electron chi connectivity index (χ4n) is 3.19. The topological polar surface area (TPSA) is 42.0 Å². The van der Waals surface area contributed by atoms with Crippen molar-refractivity contribution in [2.45, 2.75) is 11.4 Å². The molecule has 1 amide bonds. The summed E-state index contributed by atoms with van der Waals surface area (Å²) in [6.07, 6.45) is 0. The number of hydrogen-bond acceptors (Lipinski definition) is 5. The number of piperazine rings is 1. The van der Waals surface area contributed by atoms with Crippen molar-refractivity contribution in [1.82, 2.24) is 9.80 Å². The Kier molecular flexibility index (Phi) is 7.17. The standard InChI is InChI=1S/C21H25FN2O3S/c1-26-18-4-3-5-19(13-18)28-15-21(25)24-10-8-23(9-11-24)14-16-12-17(22)6-7-20(16)27-2/h3-7,12-13H,8-11,14-15H2,1-2H3. The van der Waals surface area contributed by atoms with Crippen molar-refractivity contribution in [3.63, 3.8) is 0 Å². The number of methoxy groups -OCH3 is 2. The van der Waals surface area contributed by atoms with E-state index in [0.29, 0.717) is 31.1 Å². The third kappa shape index (κ3) is 5.39. The summed E-state index contributed by atoms with van der Waals surface area (Å²) in [6, 6.07) is 12.3. The van der Waals surface area contributed by atoms with Gasteiger partial charge in [0.05, 0.1) is 20.0 Å².